The van der Waals surface area contributed by atoms with E-state index in [1.54, 1.807) is 46.0 Å². The molecule has 0 unspecified atom stereocenters. The average Bonchev–Trinajstić information content (AvgIpc) is 4.06. The Kier molecular flexibility index (Phi) is 10.9. The predicted molar refractivity (Wildman–Crippen MR) is 217 cm³/mol. The summed E-state index contributed by atoms with van der Waals surface area (Å²) >= 11 is 0. The summed E-state index contributed by atoms with van der Waals surface area (Å²) in [7, 11) is 0. The summed E-state index contributed by atoms with van der Waals surface area (Å²) in [6.07, 6.45) is 3.60. The van der Waals surface area contributed by atoms with Crippen molar-refractivity contribution in [3.63, 3.8) is 0 Å². The number of nitrogens with two attached hydrogens (primary N) is 2. The van der Waals surface area contributed by atoms with Gasteiger partial charge >= 0.3 is 0 Å². The molecule has 0 fully saturated rings. The number of hydrogen-bond acceptors (Lipinski definition) is 12. The Morgan fingerprint density at radius 2 is 1.03 bits per heavy atom. The molecule has 0 radical (unpaired) electrons. The minimum atomic E-state index is -0.00683. The fourth-order valence-corrected chi connectivity index (χ4v) is 6.00. The second kappa shape index (κ2) is 16.3. The van der Waals surface area contributed by atoms with Crippen LogP contribution in [0.25, 0.3) is 45.2 Å². The molecule has 8 N–H and O–H groups in total. The molecule has 0 atom stereocenters. The first-order valence-electron chi connectivity index (χ1n) is 17.3. The number of ether oxygens (including phenoxy) is 2. The number of nitrogens with one attached hydrogen (secondary N) is 4. The van der Waals surface area contributed by atoms with Crippen molar-refractivity contribution in [1.29, 1.82) is 10.8 Å². The van der Waals surface area contributed by atoms with Gasteiger partial charge in [0.2, 0.25) is 0 Å². The first-order valence-corrected chi connectivity index (χ1v) is 17.3. The summed E-state index contributed by atoms with van der Waals surface area (Å²) in [5.74, 6) is 4.96. The van der Waals surface area contributed by atoms with Gasteiger partial charge in [-0.25, -0.2) is 19.3 Å². The van der Waals surface area contributed by atoms with Crippen LogP contribution in [-0.4, -0.2) is 61.6 Å². The van der Waals surface area contributed by atoms with Crippen LogP contribution in [-0.2, 0) is 26.3 Å². The molecule has 0 spiro atoms. The molecule has 6 heterocycles. The maximum atomic E-state index is 7.65. The van der Waals surface area contributed by atoms with Crippen molar-refractivity contribution in [2.24, 2.45) is 11.5 Å². The van der Waals surface area contributed by atoms with Crippen LogP contribution in [0.3, 0.4) is 0 Å². The molecule has 6 aromatic heterocycles. The zero-order valence-electron chi connectivity index (χ0n) is 30.2. The number of furan rings is 2. The number of fused-ring (bicyclic) bond motifs is 2. The van der Waals surface area contributed by atoms with Crippen LogP contribution in [0.15, 0.2) is 106 Å². The maximum Gasteiger partial charge on any atom is 0.174 e. The summed E-state index contributed by atoms with van der Waals surface area (Å²) < 4.78 is 27.2. The van der Waals surface area contributed by atoms with Crippen LogP contribution < -0.4 is 20.9 Å². The van der Waals surface area contributed by atoms with E-state index in [0.717, 1.165) is 22.1 Å². The smallest absolute Gasteiger partial charge is 0.174 e. The highest BCUT2D eigenvalue weighted by Gasteiger charge is 2.14. The van der Waals surface area contributed by atoms with Crippen LogP contribution in [0.4, 0.5) is 0 Å². The standard InChI is InChI=1S/C38H32N14O4.2ClH/c39-35(40)21-1-9-29-31(13-21)45-37(43-29)33-11-7-27(55-33)17-51-15-23(47-49-51)19-53-25-3-5-26(6-4-25)54-20-24-16-52(50-48-24)18-28-8-12-34(56-28)38-44-30-10-2-22(36(41)42)14-32(30)46-38;;/h1-16H,17-20H2,(H3,39,40)(H3,41,42)(H,43,45)(H,44,46);2*1H. The van der Waals surface area contributed by atoms with E-state index in [4.69, 9.17) is 40.6 Å². The lowest BCUT2D eigenvalue weighted by Crippen LogP contribution is -2.10. The van der Waals surface area contributed by atoms with Gasteiger partial charge in [0.25, 0.3) is 0 Å². The number of nitrogens with zero attached hydrogens (tertiary/aromatic N) is 8. The average molecular weight is 822 g/mol. The van der Waals surface area contributed by atoms with Gasteiger partial charge in [0, 0.05) is 11.1 Å². The molecule has 0 amide bonds. The van der Waals surface area contributed by atoms with E-state index in [9.17, 15) is 0 Å². The summed E-state index contributed by atoms with van der Waals surface area (Å²) in [5, 5.41) is 32.2. The number of aromatic nitrogens is 10. The van der Waals surface area contributed by atoms with Crippen molar-refractivity contribution in [3.05, 3.63) is 131 Å². The molecule has 294 valence electrons. The van der Waals surface area contributed by atoms with Gasteiger partial charge in [-0.05, 0) is 84.9 Å². The van der Waals surface area contributed by atoms with Gasteiger partial charge in [0.1, 0.15) is 72.4 Å². The van der Waals surface area contributed by atoms with Crippen LogP contribution >= 0.6 is 24.8 Å². The SMILES string of the molecule is Cl.Cl.N=C(N)c1ccc2nc(-c3ccc(Cn4cc(COc5ccc(OCc6cn(Cc7ccc(-c8nc9ccc(C(=N)N)cc9[nH]8)o7)nn6)cc5)nn4)o3)[nH]c2c1. The van der Waals surface area contributed by atoms with Gasteiger partial charge in [0.05, 0.1) is 34.5 Å². The van der Waals surface area contributed by atoms with Crippen molar-refractivity contribution in [3.8, 4) is 34.7 Å². The minimum absolute atomic E-state index is 0. The number of benzene rings is 3. The Bertz CT molecular complexity index is 2670. The van der Waals surface area contributed by atoms with E-state index in [0.29, 0.717) is 81.8 Å². The van der Waals surface area contributed by atoms with E-state index in [1.165, 1.54) is 0 Å². The lowest BCUT2D eigenvalue weighted by atomic mass is 10.2. The third-order valence-electron chi connectivity index (χ3n) is 8.78. The predicted octanol–water partition coefficient (Wildman–Crippen LogP) is 5.81. The molecule has 3 aromatic carbocycles. The Balaban J connectivity index is 0.00000256. The van der Waals surface area contributed by atoms with E-state index in [1.807, 2.05) is 60.7 Å². The number of amidine groups is 2. The minimum Gasteiger partial charge on any atom is -0.487 e. The lowest BCUT2D eigenvalue weighted by Gasteiger charge is -2.06. The van der Waals surface area contributed by atoms with Crippen LogP contribution in [0.1, 0.15) is 34.0 Å². The molecule has 0 aliphatic rings. The Morgan fingerprint density at radius 3 is 1.45 bits per heavy atom. The zero-order chi connectivity index (χ0) is 38.2. The van der Waals surface area contributed by atoms with E-state index in [2.05, 4.69) is 40.6 Å². The molecule has 20 heteroatoms. The first kappa shape index (κ1) is 38.8. The number of aromatic amines is 2. The molecular weight excluding hydrogens is 787 g/mol. The monoisotopic (exact) mass is 820 g/mol. The molecular formula is C38H34Cl2N14O4. The molecule has 0 bridgehead atoms. The van der Waals surface area contributed by atoms with Crippen molar-refractivity contribution in [2.45, 2.75) is 26.3 Å². The lowest BCUT2D eigenvalue weighted by molar-refractivity contribution is 0.292. The maximum absolute atomic E-state index is 7.65. The molecule has 0 aliphatic heterocycles. The summed E-state index contributed by atoms with van der Waals surface area (Å²) in [4.78, 5) is 15.6. The highest BCUT2D eigenvalue weighted by atomic mass is 35.5. The van der Waals surface area contributed by atoms with Gasteiger partial charge in [-0.15, -0.1) is 35.0 Å². The second-order valence-corrected chi connectivity index (χ2v) is 12.9. The van der Waals surface area contributed by atoms with E-state index >= 15 is 0 Å². The number of nitrogen functional groups attached to an aromatic ring is 2. The van der Waals surface area contributed by atoms with Gasteiger partial charge in [0.15, 0.2) is 23.2 Å². The van der Waals surface area contributed by atoms with Crippen LogP contribution in [0, 0.1) is 10.8 Å². The summed E-state index contributed by atoms with van der Waals surface area (Å²) in [5.41, 5.74) is 16.8. The fraction of sp³-hybridized carbons (Fsp3) is 0.105. The number of halogens is 2. The topological polar surface area (TPSA) is 263 Å². The molecule has 58 heavy (non-hydrogen) atoms. The van der Waals surface area contributed by atoms with Crippen molar-refractivity contribution >= 4 is 58.6 Å². The number of hydrogen-bond donors (Lipinski definition) is 6. The second-order valence-electron chi connectivity index (χ2n) is 12.9. The molecule has 0 aliphatic carbocycles. The molecule has 0 saturated carbocycles. The number of rotatable bonds is 14. The highest BCUT2D eigenvalue weighted by Crippen LogP contribution is 2.26. The third-order valence-corrected chi connectivity index (χ3v) is 8.78. The Hall–Kier alpha value is -7.44. The van der Waals surface area contributed by atoms with Crippen molar-refractivity contribution in [2.75, 3.05) is 0 Å². The molecule has 9 rings (SSSR count). The Labute approximate surface area is 340 Å². The Morgan fingerprint density at radius 1 is 0.603 bits per heavy atom. The first-order chi connectivity index (χ1) is 27.3. The molecule has 9 aromatic rings. The van der Waals surface area contributed by atoms with Gasteiger partial charge in [-0.1, -0.05) is 10.4 Å². The molecule has 0 saturated heterocycles. The van der Waals surface area contributed by atoms with Gasteiger partial charge in [-0.3, -0.25) is 10.8 Å². The highest BCUT2D eigenvalue weighted by molar-refractivity contribution is 5.99. The van der Waals surface area contributed by atoms with Gasteiger partial charge in [-0.2, -0.15) is 0 Å². The number of H-pyrrole nitrogens is 2. The quantitative estimate of drug-likeness (QED) is 0.0561. The van der Waals surface area contributed by atoms with Crippen molar-refractivity contribution < 1.29 is 18.3 Å². The largest absolute Gasteiger partial charge is 0.487 e. The molecule has 18 nitrogen and oxygen atoms in total. The van der Waals surface area contributed by atoms with Crippen LogP contribution in [0.2, 0.25) is 0 Å². The third kappa shape index (κ3) is 8.37. The number of imidazole rings is 2. The van der Waals surface area contributed by atoms with E-state index in [-0.39, 0.29) is 49.7 Å². The van der Waals surface area contributed by atoms with Crippen molar-refractivity contribution in [1.82, 2.24) is 49.9 Å². The summed E-state index contributed by atoms with van der Waals surface area (Å²) in [6.45, 7) is 1.21. The van der Waals surface area contributed by atoms with Crippen LogP contribution in [0.5, 0.6) is 11.5 Å². The normalized spacial score (nSPS) is 11.0. The van der Waals surface area contributed by atoms with E-state index < -0.39 is 0 Å². The zero-order valence-corrected chi connectivity index (χ0v) is 31.9. The fourth-order valence-electron chi connectivity index (χ4n) is 6.00. The van der Waals surface area contributed by atoms with Gasteiger partial charge < -0.3 is 39.7 Å². The summed E-state index contributed by atoms with van der Waals surface area (Å²) in [6, 6.07) is 25.4.